The van der Waals surface area contributed by atoms with Gasteiger partial charge in [-0.2, -0.15) is 0 Å². The van der Waals surface area contributed by atoms with Gasteiger partial charge >= 0.3 is 0 Å². The Morgan fingerprint density at radius 2 is 2.16 bits per heavy atom. The van der Waals surface area contributed by atoms with Crippen molar-refractivity contribution < 1.29 is 47.8 Å². The summed E-state index contributed by atoms with van der Waals surface area (Å²) in [5.41, 5.74) is 1.97. The molecule has 0 aromatic heterocycles. The van der Waals surface area contributed by atoms with Crippen LogP contribution >= 0.6 is 0 Å². The molecule has 4 aliphatic rings. The normalized spacial score (nSPS) is 36.1. The van der Waals surface area contributed by atoms with Gasteiger partial charge in [-0.15, -0.1) is 0 Å². The van der Waals surface area contributed by atoms with Crippen LogP contribution in [0.3, 0.4) is 0 Å². The van der Waals surface area contributed by atoms with Gasteiger partial charge in [0.1, 0.15) is 5.75 Å². The molecule has 5 nitrogen and oxygen atoms in total. The molecule has 1 aromatic rings. The van der Waals surface area contributed by atoms with Crippen molar-refractivity contribution in [2.24, 2.45) is 5.92 Å². The Hall–Kier alpha value is -1.02. The van der Waals surface area contributed by atoms with Gasteiger partial charge in [0.2, 0.25) is 0 Å². The van der Waals surface area contributed by atoms with Crippen molar-refractivity contribution in [3.63, 3.8) is 0 Å². The number of hydrogen-bond donors (Lipinski definition) is 1. The fourth-order valence-corrected chi connectivity index (χ4v) is 6.14. The minimum atomic E-state index is -0.425. The van der Waals surface area contributed by atoms with E-state index >= 15 is 0 Å². The summed E-state index contributed by atoms with van der Waals surface area (Å²) in [6.07, 6.45) is 2.96. The number of carbonyl (C=O) groups is 1. The highest BCUT2D eigenvalue weighted by Crippen LogP contribution is 2.65. The number of Topliss-reactive ketones (excluding diaryl/α,β-unsaturated/α-hetero) is 1. The molecule has 1 aromatic carbocycles. The number of likely N-dealkylation sites (N-methyl/N-ethyl adjacent to an activating group) is 1. The highest BCUT2D eigenvalue weighted by molar-refractivity contribution is 5.89. The molecular weight excluding hydrogens is 433 g/mol. The number of carbonyl (C=O) groups excluding carboxylic acids is 1. The number of phenolic OH excluding ortho intramolecular Hbond substituents is 1. The zero-order valence-corrected chi connectivity index (χ0v) is 17.0. The minimum absolute atomic E-state index is 0. The van der Waals surface area contributed by atoms with Crippen LogP contribution in [0.5, 0.6) is 17.2 Å². The maximum atomic E-state index is 12.7. The molecule has 2 aliphatic heterocycles. The van der Waals surface area contributed by atoms with Gasteiger partial charge in [0.05, 0.1) is 39.2 Å². The number of likely N-dealkylation sites (tertiary alicyclic amines) is 1. The molecule has 1 saturated heterocycles. The second kappa shape index (κ2) is 5.25. The number of rotatable bonds is 1. The number of quaternary nitrogens is 1. The molecule has 2 bridgehead atoms. The number of methoxy groups -OCH3 is 1. The molecule has 5 rings (SSSR count). The highest BCUT2D eigenvalue weighted by atomic mass is 127. The molecule has 2 aliphatic carbocycles. The van der Waals surface area contributed by atoms with Crippen molar-refractivity contribution in [3.8, 4) is 17.2 Å². The number of nitrogens with zero attached hydrogens (tertiary/aromatic N) is 1. The van der Waals surface area contributed by atoms with Crippen LogP contribution in [-0.4, -0.2) is 55.3 Å². The van der Waals surface area contributed by atoms with Crippen molar-refractivity contribution in [1.29, 1.82) is 0 Å². The predicted octanol–water partition coefficient (Wildman–Crippen LogP) is -1.21. The van der Waals surface area contributed by atoms with E-state index in [1.54, 1.807) is 13.2 Å². The number of aromatic hydroxyl groups is 1. The molecule has 136 valence electrons. The SMILES string of the molecule is COc1cc(O)c2c3c1C[C@@H]1[C@@H]4CCC(=O)[C@H](O2)[C@]34CC[N+]1(C)C.[I-]. The Morgan fingerprint density at radius 1 is 1.40 bits per heavy atom. The maximum Gasteiger partial charge on any atom is 0.174 e. The van der Waals surface area contributed by atoms with Crippen LogP contribution in [0.4, 0.5) is 0 Å². The first-order valence-electron chi connectivity index (χ1n) is 8.85. The van der Waals surface area contributed by atoms with E-state index in [9.17, 15) is 9.90 Å². The lowest BCUT2D eigenvalue weighted by atomic mass is 9.51. The number of halogens is 1. The first-order chi connectivity index (χ1) is 11.4. The smallest absolute Gasteiger partial charge is 0.174 e. The van der Waals surface area contributed by atoms with E-state index in [0.29, 0.717) is 24.1 Å². The van der Waals surface area contributed by atoms with Crippen LogP contribution in [0.2, 0.25) is 0 Å². The van der Waals surface area contributed by atoms with Gasteiger partial charge in [-0.1, -0.05) is 0 Å². The molecule has 1 spiro atoms. The summed E-state index contributed by atoms with van der Waals surface area (Å²) >= 11 is 0. The molecule has 6 heteroatoms. The second-order valence-electron chi connectivity index (χ2n) is 8.45. The Labute approximate surface area is 164 Å². The number of piperidine rings is 1. The van der Waals surface area contributed by atoms with Crippen LogP contribution in [0.25, 0.3) is 0 Å². The van der Waals surface area contributed by atoms with Crippen molar-refractivity contribution in [2.45, 2.75) is 43.2 Å². The first-order valence-corrected chi connectivity index (χ1v) is 8.85. The zero-order valence-electron chi connectivity index (χ0n) is 14.8. The lowest BCUT2D eigenvalue weighted by Crippen LogP contribution is -3.00. The monoisotopic (exact) mass is 457 g/mol. The topological polar surface area (TPSA) is 55.8 Å². The van der Waals surface area contributed by atoms with E-state index in [4.69, 9.17) is 9.47 Å². The molecular formula is C19H24INO4. The Balaban J connectivity index is 0.00000157. The summed E-state index contributed by atoms with van der Waals surface area (Å²) in [6, 6.07) is 2.12. The van der Waals surface area contributed by atoms with Gasteiger partial charge in [-0.3, -0.25) is 4.79 Å². The Morgan fingerprint density at radius 3 is 2.88 bits per heavy atom. The maximum absolute atomic E-state index is 12.7. The van der Waals surface area contributed by atoms with Crippen LogP contribution < -0.4 is 33.5 Å². The fraction of sp³-hybridized carbons (Fsp3) is 0.632. The van der Waals surface area contributed by atoms with E-state index in [2.05, 4.69) is 14.1 Å². The second-order valence-corrected chi connectivity index (χ2v) is 8.45. The molecule has 4 atom stereocenters. The number of ether oxygens (including phenoxy) is 2. The summed E-state index contributed by atoms with van der Waals surface area (Å²) in [7, 11) is 6.26. The van der Waals surface area contributed by atoms with Gasteiger partial charge in [-0.05, 0) is 6.42 Å². The number of ketones is 1. The summed E-state index contributed by atoms with van der Waals surface area (Å²) in [5, 5.41) is 10.5. The summed E-state index contributed by atoms with van der Waals surface area (Å²) in [5.74, 6) is 2.02. The number of benzene rings is 1. The molecule has 0 unspecified atom stereocenters. The fourth-order valence-electron chi connectivity index (χ4n) is 6.14. The van der Waals surface area contributed by atoms with Crippen LogP contribution in [0.15, 0.2) is 6.07 Å². The van der Waals surface area contributed by atoms with E-state index in [1.165, 1.54) is 0 Å². The quantitative estimate of drug-likeness (QED) is 0.425. The van der Waals surface area contributed by atoms with Crippen molar-refractivity contribution in [3.05, 3.63) is 17.2 Å². The third kappa shape index (κ3) is 1.90. The van der Waals surface area contributed by atoms with Crippen LogP contribution in [-0.2, 0) is 16.6 Å². The Bertz CT molecular complexity index is 777. The molecule has 1 N–H and O–H groups in total. The average molecular weight is 457 g/mol. The lowest BCUT2D eigenvalue weighted by molar-refractivity contribution is -0.927. The van der Waals surface area contributed by atoms with Gasteiger partial charge in [0.25, 0.3) is 0 Å². The standard InChI is InChI=1S/C19H23NO4.HI/c1-20(2)7-6-19-11-4-5-13(21)18(19)24-17-14(22)9-15(23-3)10(16(17)19)8-12(11)20;/h9,11-12,18H,4-8H2,1-3H3;1H/t11-,12+,18-,19-;/m0./s1. The van der Waals surface area contributed by atoms with Crippen molar-refractivity contribution >= 4 is 5.78 Å². The minimum Gasteiger partial charge on any atom is -1.00 e. The Kier molecular flexibility index (Phi) is 3.65. The predicted molar refractivity (Wildman–Crippen MR) is 87.6 cm³/mol. The summed E-state index contributed by atoms with van der Waals surface area (Å²) < 4.78 is 12.7. The summed E-state index contributed by atoms with van der Waals surface area (Å²) in [4.78, 5) is 12.7. The molecule has 1 saturated carbocycles. The van der Waals surface area contributed by atoms with E-state index < -0.39 is 6.10 Å². The molecule has 0 amide bonds. The highest BCUT2D eigenvalue weighted by Gasteiger charge is 2.69. The lowest BCUT2D eigenvalue weighted by Gasteiger charge is -2.59. The van der Waals surface area contributed by atoms with Crippen LogP contribution in [0.1, 0.15) is 30.4 Å². The third-order valence-electron chi connectivity index (χ3n) is 7.25. The number of phenols is 1. The van der Waals surface area contributed by atoms with E-state index in [1.807, 2.05) is 0 Å². The van der Waals surface area contributed by atoms with Gasteiger partial charge < -0.3 is 43.0 Å². The van der Waals surface area contributed by atoms with E-state index in [-0.39, 0.29) is 40.9 Å². The first kappa shape index (κ1) is 17.4. The largest absolute Gasteiger partial charge is 1.00 e. The van der Waals surface area contributed by atoms with Crippen molar-refractivity contribution in [1.82, 2.24) is 0 Å². The van der Waals surface area contributed by atoms with Gasteiger partial charge in [-0.25, -0.2) is 0 Å². The molecule has 2 fully saturated rings. The van der Waals surface area contributed by atoms with Crippen LogP contribution in [0, 0.1) is 5.92 Å². The third-order valence-corrected chi connectivity index (χ3v) is 7.25. The summed E-state index contributed by atoms with van der Waals surface area (Å²) in [6.45, 7) is 1.03. The van der Waals surface area contributed by atoms with Crippen molar-refractivity contribution in [2.75, 3.05) is 27.7 Å². The van der Waals surface area contributed by atoms with E-state index in [0.717, 1.165) is 47.2 Å². The average Bonchev–Trinajstić information content (AvgIpc) is 2.90. The molecule has 25 heavy (non-hydrogen) atoms. The molecule has 2 heterocycles. The zero-order chi connectivity index (χ0) is 16.9. The molecule has 0 radical (unpaired) electrons. The van der Waals surface area contributed by atoms with Gasteiger partial charge in [0.15, 0.2) is 23.4 Å². The van der Waals surface area contributed by atoms with Gasteiger partial charge in [0, 0.05) is 42.4 Å². The number of hydrogen-bond acceptors (Lipinski definition) is 4.